The van der Waals surface area contributed by atoms with E-state index in [1.165, 1.54) is 0 Å². The van der Waals surface area contributed by atoms with Crippen LogP contribution in [0.15, 0.2) is 19.0 Å². The van der Waals surface area contributed by atoms with Crippen molar-refractivity contribution in [2.75, 3.05) is 13.2 Å². The Balaban J connectivity index is 1.71. The zero-order chi connectivity index (χ0) is 12.3. The SMILES string of the molecule is C=Cn1cc(CNCC2COC(C)(C)O2)cn1. The molecule has 0 saturated carbocycles. The number of rotatable bonds is 5. The standard InChI is InChI=1S/C12H19N3O2/c1-4-15-8-10(6-14-15)5-13-7-11-9-16-12(2,3)17-11/h4,6,8,11,13H,1,5,7,9H2,2-3H3. The van der Waals surface area contributed by atoms with Crippen molar-refractivity contribution in [1.82, 2.24) is 15.1 Å². The molecule has 1 aliphatic rings. The third-order valence-corrected chi connectivity index (χ3v) is 2.61. The fourth-order valence-electron chi connectivity index (χ4n) is 1.81. The first kappa shape index (κ1) is 12.3. The van der Waals surface area contributed by atoms with Gasteiger partial charge in [-0.25, -0.2) is 4.68 Å². The monoisotopic (exact) mass is 237 g/mol. The number of hydrogen-bond acceptors (Lipinski definition) is 4. The minimum Gasteiger partial charge on any atom is -0.348 e. The lowest BCUT2D eigenvalue weighted by Gasteiger charge is -2.17. The van der Waals surface area contributed by atoms with E-state index in [1.54, 1.807) is 10.9 Å². The molecule has 0 spiro atoms. The second-order valence-electron chi connectivity index (χ2n) is 4.59. The summed E-state index contributed by atoms with van der Waals surface area (Å²) in [6.07, 6.45) is 5.56. The van der Waals surface area contributed by atoms with Crippen molar-refractivity contribution in [2.45, 2.75) is 32.3 Å². The summed E-state index contributed by atoms with van der Waals surface area (Å²) in [6, 6.07) is 0. The van der Waals surface area contributed by atoms with Crippen LogP contribution in [0.25, 0.3) is 6.20 Å². The summed E-state index contributed by atoms with van der Waals surface area (Å²) >= 11 is 0. The average molecular weight is 237 g/mol. The molecule has 1 aliphatic heterocycles. The maximum Gasteiger partial charge on any atom is 0.163 e. The van der Waals surface area contributed by atoms with Crippen molar-refractivity contribution in [1.29, 1.82) is 0 Å². The van der Waals surface area contributed by atoms with E-state index >= 15 is 0 Å². The lowest BCUT2D eigenvalue weighted by atomic mass is 10.3. The van der Waals surface area contributed by atoms with Crippen molar-refractivity contribution in [3.63, 3.8) is 0 Å². The van der Waals surface area contributed by atoms with Gasteiger partial charge in [-0.3, -0.25) is 0 Å². The van der Waals surface area contributed by atoms with Crippen molar-refractivity contribution in [2.24, 2.45) is 0 Å². The molecular weight excluding hydrogens is 218 g/mol. The third kappa shape index (κ3) is 3.39. The molecule has 5 nitrogen and oxygen atoms in total. The zero-order valence-corrected chi connectivity index (χ0v) is 10.3. The Kier molecular flexibility index (Phi) is 3.61. The molecule has 0 bridgehead atoms. The molecule has 17 heavy (non-hydrogen) atoms. The molecule has 94 valence electrons. The van der Waals surface area contributed by atoms with Gasteiger partial charge < -0.3 is 14.8 Å². The van der Waals surface area contributed by atoms with E-state index < -0.39 is 5.79 Å². The Bertz CT molecular complexity index is 387. The van der Waals surface area contributed by atoms with E-state index in [2.05, 4.69) is 17.0 Å². The Morgan fingerprint density at radius 2 is 2.53 bits per heavy atom. The molecule has 0 aromatic carbocycles. The van der Waals surface area contributed by atoms with E-state index in [-0.39, 0.29) is 6.10 Å². The van der Waals surface area contributed by atoms with Crippen molar-refractivity contribution in [3.8, 4) is 0 Å². The number of ether oxygens (including phenoxy) is 2. The van der Waals surface area contributed by atoms with Crippen molar-refractivity contribution in [3.05, 3.63) is 24.5 Å². The van der Waals surface area contributed by atoms with E-state index in [4.69, 9.17) is 9.47 Å². The quantitative estimate of drug-likeness (QED) is 0.836. The van der Waals surface area contributed by atoms with Crippen LogP contribution in [-0.4, -0.2) is 34.8 Å². The Hall–Kier alpha value is -1.17. The normalized spacial score (nSPS) is 22.8. The number of hydrogen-bond donors (Lipinski definition) is 1. The Labute approximate surface area is 101 Å². The molecule has 1 N–H and O–H groups in total. The lowest BCUT2D eigenvalue weighted by Crippen LogP contribution is -2.30. The fourth-order valence-corrected chi connectivity index (χ4v) is 1.81. The van der Waals surface area contributed by atoms with Gasteiger partial charge in [-0.1, -0.05) is 6.58 Å². The molecule has 2 heterocycles. The van der Waals surface area contributed by atoms with Crippen LogP contribution in [0.1, 0.15) is 19.4 Å². The zero-order valence-electron chi connectivity index (χ0n) is 10.3. The molecular formula is C12H19N3O2. The van der Waals surface area contributed by atoms with Crippen LogP contribution in [0.2, 0.25) is 0 Å². The lowest BCUT2D eigenvalue weighted by molar-refractivity contribution is -0.137. The van der Waals surface area contributed by atoms with E-state index in [9.17, 15) is 0 Å². The summed E-state index contributed by atoms with van der Waals surface area (Å²) < 4.78 is 12.9. The summed E-state index contributed by atoms with van der Waals surface area (Å²) in [5.41, 5.74) is 1.13. The molecule has 0 amide bonds. The highest BCUT2D eigenvalue weighted by Crippen LogP contribution is 2.21. The summed E-state index contributed by atoms with van der Waals surface area (Å²) in [4.78, 5) is 0. The highest BCUT2D eigenvalue weighted by molar-refractivity contribution is 5.17. The fraction of sp³-hybridized carbons (Fsp3) is 0.583. The predicted molar refractivity (Wildman–Crippen MR) is 65.2 cm³/mol. The predicted octanol–water partition coefficient (Wildman–Crippen LogP) is 1.22. The molecule has 1 fully saturated rings. The van der Waals surface area contributed by atoms with Gasteiger partial charge >= 0.3 is 0 Å². The molecule has 0 aliphatic carbocycles. The van der Waals surface area contributed by atoms with Gasteiger partial charge in [0.05, 0.1) is 18.9 Å². The number of nitrogens with zero attached hydrogens (tertiary/aromatic N) is 2. The van der Waals surface area contributed by atoms with Gasteiger partial charge in [0, 0.05) is 31.0 Å². The Morgan fingerprint density at radius 3 is 3.12 bits per heavy atom. The first-order valence-corrected chi connectivity index (χ1v) is 5.77. The van der Waals surface area contributed by atoms with Gasteiger partial charge in [0.1, 0.15) is 0 Å². The Morgan fingerprint density at radius 1 is 1.71 bits per heavy atom. The first-order chi connectivity index (χ1) is 8.09. The third-order valence-electron chi connectivity index (χ3n) is 2.61. The molecule has 2 rings (SSSR count). The van der Waals surface area contributed by atoms with Crippen LogP contribution in [0.5, 0.6) is 0 Å². The smallest absolute Gasteiger partial charge is 0.163 e. The highest BCUT2D eigenvalue weighted by Gasteiger charge is 2.32. The molecule has 1 saturated heterocycles. The van der Waals surface area contributed by atoms with Crippen LogP contribution in [0, 0.1) is 0 Å². The van der Waals surface area contributed by atoms with E-state index in [0.717, 1.165) is 18.7 Å². The minimum absolute atomic E-state index is 0.124. The minimum atomic E-state index is -0.444. The van der Waals surface area contributed by atoms with Gasteiger partial charge in [0.25, 0.3) is 0 Å². The van der Waals surface area contributed by atoms with Crippen LogP contribution in [-0.2, 0) is 16.0 Å². The van der Waals surface area contributed by atoms with Crippen molar-refractivity contribution >= 4 is 6.20 Å². The van der Waals surface area contributed by atoms with Gasteiger partial charge in [0.15, 0.2) is 5.79 Å². The maximum absolute atomic E-state index is 5.69. The summed E-state index contributed by atoms with van der Waals surface area (Å²) in [6.45, 7) is 9.71. The second-order valence-corrected chi connectivity index (χ2v) is 4.59. The summed E-state index contributed by atoms with van der Waals surface area (Å²) in [5.74, 6) is -0.444. The largest absolute Gasteiger partial charge is 0.348 e. The summed E-state index contributed by atoms with van der Waals surface area (Å²) in [7, 11) is 0. The maximum atomic E-state index is 5.69. The van der Waals surface area contributed by atoms with Crippen molar-refractivity contribution < 1.29 is 9.47 Å². The second kappa shape index (κ2) is 5.00. The highest BCUT2D eigenvalue weighted by atomic mass is 16.7. The molecule has 0 radical (unpaired) electrons. The number of nitrogens with one attached hydrogen (secondary N) is 1. The molecule has 1 atom stereocenters. The first-order valence-electron chi connectivity index (χ1n) is 5.77. The van der Waals surface area contributed by atoms with E-state index in [1.807, 2.05) is 26.2 Å². The molecule has 1 aromatic heterocycles. The van der Waals surface area contributed by atoms with E-state index in [0.29, 0.717) is 6.61 Å². The van der Waals surface area contributed by atoms with Crippen LogP contribution < -0.4 is 5.32 Å². The van der Waals surface area contributed by atoms with Gasteiger partial charge in [-0.05, 0) is 13.8 Å². The van der Waals surface area contributed by atoms with Crippen LogP contribution >= 0.6 is 0 Å². The van der Waals surface area contributed by atoms with Crippen LogP contribution in [0.3, 0.4) is 0 Å². The van der Waals surface area contributed by atoms with Crippen LogP contribution in [0.4, 0.5) is 0 Å². The van der Waals surface area contributed by atoms with Gasteiger partial charge in [0.2, 0.25) is 0 Å². The van der Waals surface area contributed by atoms with Gasteiger partial charge in [-0.15, -0.1) is 0 Å². The summed E-state index contributed by atoms with van der Waals surface area (Å²) in [5, 5.41) is 7.44. The average Bonchev–Trinajstić information content (AvgIpc) is 2.85. The van der Waals surface area contributed by atoms with Gasteiger partial charge in [-0.2, -0.15) is 5.10 Å². The molecule has 5 heteroatoms. The topological polar surface area (TPSA) is 48.3 Å². The molecule has 1 aromatic rings. The molecule has 1 unspecified atom stereocenters. The number of aromatic nitrogens is 2.